The van der Waals surface area contributed by atoms with Crippen LogP contribution in [0.3, 0.4) is 0 Å². The minimum atomic E-state index is -0.445. The number of nitro groups is 1. The van der Waals surface area contributed by atoms with Crippen molar-refractivity contribution in [2.75, 3.05) is 18.4 Å². The number of nitrogens with zero attached hydrogens (tertiary/aromatic N) is 4. The van der Waals surface area contributed by atoms with Crippen molar-refractivity contribution in [2.45, 2.75) is 13.5 Å². The molecule has 1 heterocycles. The first-order valence-corrected chi connectivity index (χ1v) is 8.19. The number of fused-ring (bicyclic) bond motifs is 1. The van der Waals surface area contributed by atoms with Crippen molar-refractivity contribution in [1.82, 2.24) is 20.3 Å². The number of benzene rings is 2. The molecule has 0 saturated heterocycles. The first kappa shape index (κ1) is 17.3. The van der Waals surface area contributed by atoms with Gasteiger partial charge in [0.05, 0.1) is 10.4 Å². The van der Waals surface area contributed by atoms with Gasteiger partial charge in [0, 0.05) is 31.3 Å². The average molecular weight is 354 g/mol. The van der Waals surface area contributed by atoms with Crippen LogP contribution in [-0.2, 0) is 6.54 Å². The summed E-state index contributed by atoms with van der Waals surface area (Å²) in [5.41, 5.74) is 2.46. The van der Waals surface area contributed by atoms with Gasteiger partial charge in [0.15, 0.2) is 0 Å². The third-order valence-corrected chi connectivity index (χ3v) is 3.90. The molecule has 0 fully saturated rings. The zero-order valence-corrected chi connectivity index (χ0v) is 14.2. The van der Waals surface area contributed by atoms with Crippen LogP contribution >= 0.6 is 0 Å². The minimum absolute atomic E-state index is 0.00305. The Labute approximate surface area is 149 Å². The summed E-state index contributed by atoms with van der Waals surface area (Å²) < 4.78 is 1.76. The Hall–Kier alpha value is -3.49. The van der Waals surface area contributed by atoms with Crippen molar-refractivity contribution >= 4 is 28.3 Å². The normalized spacial score (nSPS) is 10.7. The molecule has 0 bridgehead atoms. The summed E-state index contributed by atoms with van der Waals surface area (Å²) in [6, 6.07) is 11.6. The van der Waals surface area contributed by atoms with Gasteiger partial charge in [-0.2, -0.15) is 0 Å². The first-order valence-electron chi connectivity index (χ1n) is 8.19. The van der Waals surface area contributed by atoms with Gasteiger partial charge in [-0.3, -0.25) is 14.9 Å². The molecule has 2 aromatic carbocycles. The second-order valence-electron chi connectivity index (χ2n) is 5.57. The van der Waals surface area contributed by atoms with Crippen LogP contribution in [0.1, 0.15) is 17.3 Å². The molecule has 0 aliphatic rings. The third-order valence-electron chi connectivity index (χ3n) is 3.90. The Bertz CT molecular complexity index is 953. The molecule has 3 rings (SSSR count). The van der Waals surface area contributed by atoms with Gasteiger partial charge in [-0.1, -0.05) is 17.3 Å². The fourth-order valence-electron chi connectivity index (χ4n) is 2.60. The van der Waals surface area contributed by atoms with E-state index in [9.17, 15) is 14.9 Å². The molecule has 2 N–H and O–H groups in total. The molecule has 26 heavy (non-hydrogen) atoms. The van der Waals surface area contributed by atoms with E-state index >= 15 is 0 Å². The number of anilines is 1. The van der Waals surface area contributed by atoms with E-state index in [1.54, 1.807) is 35.0 Å². The fraction of sp³-hybridized carbons (Fsp3) is 0.235. The molecule has 0 radical (unpaired) electrons. The highest BCUT2D eigenvalue weighted by Gasteiger charge is 2.12. The average Bonchev–Trinajstić information content (AvgIpc) is 3.07. The zero-order chi connectivity index (χ0) is 18.5. The van der Waals surface area contributed by atoms with Crippen LogP contribution < -0.4 is 10.6 Å². The second-order valence-corrected chi connectivity index (χ2v) is 5.57. The van der Waals surface area contributed by atoms with Gasteiger partial charge in [-0.15, -0.1) is 5.10 Å². The Morgan fingerprint density at radius 2 is 2.04 bits per heavy atom. The number of para-hydroxylation sites is 2. The monoisotopic (exact) mass is 354 g/mol. The molecule has 3 aromatic rings. The van der Waals surface area contributed by atoms with E-state index in [1.165, 1.54) is 6.07 Å². The molecule has 0 aliphatic heterocycles. The standard InChI is InChI=1S/C17H18N6O3/c1-2-22-15-8-7-12(11-14(15)20-21-22)17(24)19-10-9-18-13-5-3-4-6-16(13)23(25)26/h3-8,11,18H,2,9-10H2,1H3,(H,19,24). The summed E-state index contributed by atoms with van der Waals surface area (Å²) in [5, 5.41) is 24.8. The van der Waals surface area contributed by atoms with Crippen LogP contribution in [0, 0.1) is 10.1 Å². The number of carbonyl (C=O) groups excluding carboxylic acids is 1. The predicted molar refractivity (Wildman–Crippen MR) is 97.1 cm³/mol. The Kier molecular flexibility index (Phi) is 5.07. The summed E-state index contributed by atoms with van der Waals surface area (Å²) in [6.45, 7) is 3.37. The molecule has 0 atom stereocenters. The van der Waals surface area contributed by atoms with Gasteiger partial charge >= 0.3 is 0 Å². The lowest BCUT2D eigenvalue weighted by Gasteiger charge is -2.08. The van der Waals surface area contributed by atoms with Crippen molar-refractivity contribution in [1.29, 1.82) is 0 Å². The number of hydrogen-bond acceptors (Lipinski definition) is 6. The largest absolute Gasteiger partial charge is 0.378 e. The zero-order valence-electron chi connectivity index (χ0n) is 14.2. The molecular weight excluding hydrogens is 336 g/mol. The van der Waals surface area contributed by atoms with Crippen LogP contribution in [0.4, 0.5) is 11.4 Å². The van der Waals surface area contributed by atoms with E-state index in [1.807, 2.05) is 13.0 Å². The topological polar surface area (TPSA) is 115 Å². The fourth-order valence-corrected chi connectivity index (χ4v) is 2.60. The second kappa shape index (κ2) is 7.60. The maximum absolute atomic E-state index is 12.2. The summed E-state index contributed by atoms with van der Waals surface area (Å²) in [6.07, 6.45) is 0. The summed E-state index contributed by atoms with van der Waals surface area (Å²) >= 11 is 0. The van der Waals surface area contributed by atoms with Crippen molar-refractivity contribution in [3.63, 3.8) is 0 Å². The Morgan fingerprint density at radius 3 is 2.81 bits per heavy atom. The smallest absolute Gasteiger partial charge is 0.292 e. The van der Waals surface area contributed by atoms with Crippen molar-refractivity contribution in [3.8, 4) is 0 Å². The van der Waals surface area contributed by atoms with Crippen molar-refractivity contribution in [2.24, 2.45) is 0 Å². The highest BCUT2D eigenvalue weighted by atomic mass is 16.6. The van der Waals surface area contributed by atoms with Gasteiger partial charge in [0.2, 0.25) is 0 Å². The van der Waals surface area contributed by atoms with Crippen LogP contribution in [-0.4, -0.2) is 38.9 Å². The maximum Gasteiger partial charge on any atom is 0.292 e. The van der Waals surface area contributed by atoms with Crippen molar-refractivity contribution in [3.05, 3.63) is 58.1 Å². The van der Waals surface area contributed by atoms with E-state index in [-0.39, 0.29) is 11.6 Å². The number of rotatable bonds is 7. The maximum atomic E-state index is 12.2. The minimum Gasteiger partial charge on any atom is -0.378 e. The third kappa shape index (κ3) is 3.61. The number of carbonyl (C=O) groups is 1. The summed E-state index contributed by atoms with van der Waals surface area (Å²) in [5.74, 6) is -0.234. The van der Waals surface area contributed by atoms with E-state index < -0.39 is 4.92 Å². The molecule has 0 spiro atoms. The highest BCUT2D eigenvalue weighted by molar-refractivity contribution is 5.97. The number of nitrogens with one attached hydrogen (secondary N) is 2. The predicted octanol–water partition coefficient (Wildman–Crippen LogP) is 2.20. The van der Waals surface area contributed by atoms with Crippen LogP contribution in [0.25, 0.3) is 11.0 Å². The number of aryl methyl sites for hydroxylation is 1. The SMILES string of the molecule is CCn1nnc2cc(C(=O)NCCNc3ccccc3[N+](=O)[O-])ccc21. The van der Waals surface area contributed by atoms with Crippen LogP contribution in [0.2, 0.25) is 0 Å². The van der Waals surface area contributed by atoms with E-state index in [2.05, 4.69) is 20.9 Å². The highest BCUT2D eigenvalue weighted by Crippen LogP contribution is 2.22. The van der Waals surface area contributed by atoms with E-state index in [0.29, 0.717) is 36.4 Å². The number of amides is 1. The van der Waals surface area contributed by atoms with Gasteiger partial charge < -0.3 is 10.6 Å². The van der Waals surface area contributed by atoms with Crippen LogP contribution in [0.5, 0.6) is 0 Å². The van der Waals surface area contributed by atoms with Crippen LogP contribution in [0.15, 0.2) is 42.5 Å². The van der Waals surface area contributed by atoms with E-state index in [4.69, 9.17) is 0 Å². The van der Waals surface area contributed by atoms with Gasteiger partial charge in [-0.05, 0) is 31.2 Å². The molecule has 0 aliphatic carbocycles. The first-order chi connectivity index (χ1) is 12.6. The lowest BCUT2D eigenvalue weighted by Crippen LogP contribution is -2.28. The molecule has 9 heteroatoms. The lowest BCUT2D eigenvalue weighted by atomic mass is 10.2. The lowest BCUT2D eigenvalue weighted by molar-refractivity contribution is -0.384. The molecule has 0 unspecified atom stereocenters. The van der Waals surface area contributed by atoms with Gasteiger partial charge in [-0.25, -0.2) is 4.68 Å². The quantitative estimate of drug-likeness (QED) is 0.382. The van der Waals surface area contributed by atoms with E-state index in [0.717, 1.165) is 5.52 Å². The molecule has 1 amide bonds. The number of aromatic nitrogens is 3. The summed E-state index contributed by atoms with van der Waals surface area (Å²) in [7, 11) is 0. The van der Waals surface area contributed by atoms with Gasteiger partial charge in [0.25, 0.3) is 11.6 Å². The number of hydrogen-bond donors (Lipinski definition) is 2. The Balaban J connectivity index is 1.57. The molecule has 1 aromatic heterocycles. The van der Waals surface area contributed by atoms with Gasteiger partial charge in [0.1, 0.15) is 11.2 Å². The molecule has 134 valence electrons. The van der Waals surface area contributed by atoms with Crippen molar-refractivity contribution < 1.29 is 9.72 Å². The Morgan fingerprint density at radius 1 is 1.23 bits per heavy atom. The number of nitro benzene ring substituents is 1. The molecule has 0 saturated carbocycles. The summed E-state index contributed by atoms with van der Waals surface area (Å²) in [4.78, 5) is 22.8. The molecular formula is C17H18N6O3. The molecule has 9 nitrogen and oxygen atoms in total.